The minimum absolute atomic E-state index is 0.344. The van der Waals surface area contributed by atoms with Crippen molar-refractivity contribution in [3.63, 3.8) is 0 Å². The van der Waals surface area contributed by atoms with Gasteiger partial charge in [0.2, 0.25) is 0 Å². The maximum atomic E-state index is 8.68. The first kappa shape index (κ1) is 10.2. The Morgan fingerprint density at radius 1 is 1.53 bits per heavy atom. The van der Waals surface area contributed by atoms with Crippen molar-refractivity contribution in [2.45, 2.75) is 13.3 Å². The summed E-state index contributed by atoms with van der Waals surface area (Å²) in [4.78, 5) is 4.43. The summed E-state index contributed by atoms with van der Waals surface area (Å²) in [6, 6.07) is 6.21. The van der Waals surface area contributed by atoms with E-state index in [1.165, 1.54) is 0 Å². The van der Waals surface area contributed by atoms with E-state index < -0.39 is 0 Å². The quantitative estimate of drug-likeness (QED) is 0.794. The van der Waals surface area contributed by atoms with Crippen LogP contribution in [0.1, 0.15) is 11.4 Å². The number of nitrogens with zero attached hydrogens (tertiary/aromatic N) is 3. The van der Waals surface area contributed by atoms with Crippen LogP contribution in [0.25, 0.3) is 11.0 Å². The maximum absolute atomic E-state index is 8.68. The Kier molecular flexibility index (Phi) is 2.49. The SMILES string of the molecule is Cc1cc(Br)c2c(c1)nc(CC#N)n2C. The fourth-order valence-electron chi connectivity index (χ4n) is 1.71. The molecular weight excluding hydrogens is 254 g/mol. The largest absolute Gasteiger partial charge is 0.329 e. The summed E-state index contributed by atoms with van der Waals surface area (Å²) in [7, 11) is 1.93. The molecule has 2 aromatic rings. The van der Waals surface area contributed by atoms with E-state index in [9.17, 15) is 0 Å². The Labute approximate surface area is 96.5 Å². The number of rotatable bonds is 1. The van der Waals surface area contributed by atoms with Gasteiger partial charge >= 0.3 is 0 Å². The molecule has 2 rings (SSSR count). The molecular formula is C11H10BrN3. The minimum atomic E-state index is 0.344. The Bertz CT molecular complexity index is 563. The second kappa shape index (κ2) is 3.67. The summed E-state index contributed by atoms with van der Waals surface area (Å²) in [5.74, 6) is 0.804. The smallest absolute Gasteiger partial charge is 0.123 e. The molecule has 4 heteroatoms. The minimum Gasteiger partial charge on any atom is -0.329 e. The van der Waals surface area contributed by atoms with E-state index >= 15 is 0 Å². The first-order valence-electron chi connectivity index (χ1n) is 4.62. The lowest BCUT2D eigenvalue weighted by Crippen LogP contribution is -1.96. The van der Waals surface area contributed by atoms with Crippen molar-refractivity contribution in [2.75, 3.05) is 0 Å². The van der Waals surface area contributed by atoms with Gasteiger partial charge in [0, 0.05) is 11.5 Å². The van der Waals surface area contributed by atoms with Crippen molar-refractivity contribution in [3.8, 4) is 6.07 Å². The summed E-state index contributed by atoms with van der Waals surface area (Å²) in [5, 5.41) is 8.68. The first-order valence-corrected chi connectivity index (χ1v) is 5.41. The number of nitriles is 1. The molecule has 0 spiro atoms. The lowest BCUT2D eigenvalue weighted by atomic mass is 10.2. The number of imidazole rings is 1. The predicted octanol–water partition coefficient (Wildman–Crippen LogP) is 2.71. The summed E-state index contributed by atoms with van der Waals surface area (Å²) in [6.07, 6.45) is 0.344. The van der Waals surface area contributed by atoms with Gasteiger partial charge in [-0.15, -0.1) is 0 Å². The van der Waals surface area contributed by atoms with E-state index in [4.69, 9.17) is 5.26 Å². The molecule has 0 aliphatic rings. The van der Waals surface area contributed by atoms with Crippen LogP contribution in [0, 0.1) is 18.3 Å². The fraction of sp³-hybridized carbons (Fsp3) is 0.273. The first-order chi connectivity index (χ1) is 7.13. The number of benzene rings is 1. The standard InChI is InChI=1S/C11H10BrN3/c1-7-5-8(12)11-9(6-7)14-10(3-4-13)15(11)2/h5-6H,3H2,1-2H3. The second-order valence-corrected chi connectivity index (χ2v) is 4.39. The lowest BCUT2D eigenvalue weighted by molar-refractivity contribution is 0.856. The van der Waals surface area contributed by atoms with E-state index in [-0.39, 0.29) is 0 Å². The van der Waals surface area contributed by atoms with Crippen molar-refractivity contribution in [1.29, 1.82) is 5.26 Å². The summed E-state index contributed by atoms with van der Waals surface area (Å²) >= 11 is 3.52. The van der Waals surface area contributed by atoms with Crippen molar-refractivity contribution < 1.29 is 0 Å². The Hall–Kier alpha value is -1.34. The van der Waals surface area contributed by atoms with Crippen LogP contribution in [-0.2, 0) is 13.5 Å². The molecule has 0 aliphatic heterocycles. The number of hydrogen-bond acceptors (Lipinski definition) is 2. The second-order valence-electron chi connectivity index (χ2n) is 3.54. The number of aromatic nitrogens is 2. The highest BCUT2D eigenvalue weighted by atomic mass is 79.9. The highest BCUT2D eigenvalue weighted by Crippen LogP contribution is 2.26. The molecule has 0 saturated carbocycles. The number of aryl methyl sites for hydroxylation is 2. The van der Waals surface area contributed by atoms with Crippen LogP contribution in [0.5, 0.6) is 0 Å². The average molecular weight is 264 g/mol. The topological polar surface area (TPSA) is 41.6 Å². The van der Waals surface area contributed by atoms with Crippen LogP contribution in [0.3, 0.4) is 0 Å². The third-order valence-corrected chi connectivity index (χ3v) is 3.00. The number of halogens is 1. The van der Waals surface area contributed by atoms with E-state index in [2.05, 4.69) is 33.0 Å². The van der Waals surface area contributed by atoms with Crippen LogP contribution in [0.2, 0.25) is 0 Å². The van der Waals surface area contributed by atoms with Gasteiger partial charge in [0.05, 0.1) is 23.5 Å². The van der Waals surface area contributed by atoms with Crippen LogP contribution in [0.15, 0.2) is 16.6 Å². The monoisotopic (exact) mass is 263 g/mol. The zero-order chi connectivity index (χ0) is 11.0. The van der Waals surface area contributed by atoms with Gasteiger partial charge < -0.3 is 4.57 Å². The molecule has 0 fully saturated rings. The van der Waals surface area contributed by atoms with Crippen LogP contribution in [-0.4, -0.2) is 9.55 Å². The molecule has 3 nitrogen and oxygen atoms in total. The Morgan fingerprint density at radius 2 is 2.27 bits per heavy atom. The summed E-state index contributed by atoms with van der Waals surface area (Å²) < 4.78 is 2.99. The van der Waals surface area contributed by atoms with Crippen LogP contribution in [0.4, 0.5) is 0 Å². The normalized spacial score (nSPS) is 10.5. The number of hydrogen-bond donors (Lipinski definition) is 0. The Morgan fingerprint density at radius 3 is 2.93 bits per heavy atom. The van der Waals surface area contributed by atoms with Crippen LogP contribution < -0.4 is 0 Å². The molecule has 15 heavy (non-hydrogen) atoms. The Balaban J connectivity index is 2.77. The van der Waals surface area contributed by atoms with Crippen LogP contribution >= 0.6 is 15.9 Å². The molecule has 0 saturated heterocycles. The van der Waals surface area contributed by atoms with Gasteiger partial charge in [-0.2, -0.15) is 5.26 Å². The highest BCUT2D eigenvalue weighted by Gasteiger charge is 2.10. The molecule has 0 aliphatic carbocycles. The molecule has 0 atom stereocenters. The van der Waals surface area contributed by atoms with Gasteiger partial charge in [-0.05, 0) is 40.5 Å². The third-order valence-electron chi connectivity index (χ3n) is 2.40. The van der Waals surface area contributed by atoms with Crippen molar-refractivity contribution >= 4 is 27.0 Å². The zero-order valence-corrected chi connectivity index (χ0v) is 10.2. The maximum Gasteiger partial charge on any atom is 0.123 e. The fourth-order valence-corrected chi connectivity index (χ4v) is 2.54. The molecule has 0 unspecified atom stereocenters. The predicted molar refractivity (Wildman–Crippen MR) is 62.5 cm³/mol. The van der Waals surface area contributed by atoms with E-state index in [0.717, 1.165) is 26.9 Å². The van der Waals surface area contributed by atoms with Gasteiger partial charge in [-0.1, -0.05) is 0 Å². The van der Waals surface area contributed by atoms with Gasteiger partial charge in [0.15, 0.2) is 0 Å². The van der Waals surface area contributed by atoms with Crippen molar-refractivity contribution in [3.05, 3.63) is 28.0 Å². The molecule has 1 aromatic heterocycles. The summed E-state index contributed by atoms with van der Waals surface area (Å²) in [6.45, 7) is 2.03. The molecule has 0 N–H and O–H groups in total. The van der Waals surface area contributed by atoms with Crippen molar-refractivity contribution in [2.24, 2.45) is 7.05 Å². The molecule has 0 bridgehead atoms. The average Bonchev–Trinajstić information content (AvgIpc) is 2.43. The van der Waals surface area contributed by atoms with E-state index in [1.807, 2.05) is 24.6 Å². The molecule has 0 amide bonds. The van der Waals surface area contributed by atoms with Gasteiger partial charge in [0.25, 0.3) is 0 Å². The highest BCUT2D eigenvalue weighted by molar-refractivity contribution is 9.10. The van der Waals surface area contributed by atoms with E-state index in [1.54, 1.807) is 0 Å². The molecule has 0 radical (unpaired) electrons. The lowest BCUT2D eigenvalue weighted by Gasteiger charge is -2.00. The number of fused-ring (bicyclic) bond motifs is 1. The van der Waals surface area contributed by atoms with Gasteiger partial charge in [-0.25, -0.2) is 4.98 Å². The van der Waals surface area contributed by atoms with Crippen molar-refractivity contribution in [1.82, 2.24) is 9.55 Å². The van der Waals surface area contributed by atoms with Gasteiger partial charge in [-0.3, -0.25) is 0 Å². The molecule has 76 valence electrons. The zero-order valence-electron chi connectivity index (χ0n) is 8.58. The summed E-state index contributed by atoms with van der Waals surface area (Å²) in [5.41, 5.74) is 3.15. The van der Waals surface area contributed by atoms with Gasteiger partial charge in [0.1, 0.15) is 5.82 Å². The van der Waals surface area contributed by atoms with E-state index in [0.29, 0.717) is 6.42 Å². The molecule has 1 aromatic carbocycles. The third kappa shape index (κ3) is 1.64. The molecule has 1 heterocycles.